The maximum absolute atomic E-state index is 11.0. The van der Waals surface area contributed by atoms with Crippen LogP contribution in [0.2, 0.25) is 5.02 Å². The Balaban J connectivity index is 2.40. The summed E-state index contributed by atoms with van der Waals surface area (Å²) in [6.07, 6.45) is 0.508. The highest BCUT2D eigenvalue weighted by Gasteiger charge is 2.20. The molecular weight excluding hydrogens is 270 g/mol. The fourth-order valence-electron chi connectivity index (χ4n) is 1.67. The van der Waals surface area contributed by atoms with Crippen LogP contribution in [0.4, 0.5) is 0 Å². The zero-order valence-electron chi connectivity index (χ0n) is 10.2. The molecule has 5 nitrogen and oxygen atoms in total. The Morgan fingerprint density at radius 1 is 1.47 bits per heavy atom. The second-order valence-electron chi connectivity index (χ2n) is 3.85. The molecule has 2 aromatic rings. The molecule has 1 heterocycles. The first-order chi connectivity index (χ1) is 9.13. The molecule has 1 aromatic carbocycles. The third-order valence-electron chi connectivity index (χ3n) is 2.54. The molecule has 1 N–H and O–H groups in total. The summed E-state index contributed by atoms with van der Waals surface area (Å²) >= 11 is 6.05. The number of carbonyl (C=O) groups is 1. The van der Waals surface area contributed by atoms with E-state index in [2.05, 4.69) is 4.98 Å². The predicted octanol–water partition coefficient (Wildman–Crippen LogP) is 2.37. The van der Waals surface area contributed by atoms with E-state index >= 15 is 0 Å². The number of halogens is 1. The number of methoxy groups -OCH3 is 1. The van der Waals surface area contributed by atoms with E-state index in [-0.39, 0.29) is 6.61 Å². The maximum Gasteiger partial charge on any atom is 0.347 e. The highest BCUT2D eigenvalue weighted by Crippen LogP contribution is 2.30. The Kier molecular flexibility index (Phi) is 4.19. The van der Waals surface area contributed by atoms with E-state index in [0.717, 1.165) is 0 Å². The number of aliphatic carboxylic acids is 1. The van der Waals surface area contributed by atoms with Crippen LogP contribution in [0.5, 0.6) is 5.75 Å². The van der Waals surface area contributed by atoms with Gasteiger partial charge in [0.05, 0.1) is 11.6 Å². The molecule has 0 bridgehead atoms. The number of carboxylic acid groups (broad SMARTS) is 1. The van der Waals surface area contributed by atoms with Gasteiger partial charge in [-0.05, 0) is 24.3 Å². The summed E-state index contributed by atoms with van der Waals surface area (Å²) in [6.45, 7) is -0.0493. The minimum absolute atomic E-state index is 0.0493. The van der Waals surface area contributed by atoms with E-state index in [1.165, 1.54) is 7.11 Å². The van der Waals surface area contributed by atoms with Gasteiger partial charge in [0.25, 0.3) is 0 Å². The molecule has 6 heteroatoms. The minimum atomic E-state index is -1.10. The number of ether oxygens (including phenoxy) is 2. The van der Waals surface area contributed by atoms with Crippen LogP contribution in [0.25, 0.3) is 10.9 Å². The standard InChI is InChI=1S/C13H12ClNO4/c1-18-7-11(13(16)17)19-10-5-4-9(14)8-3-2-6-15-12(8)10/h2-6,11H,7H2,1H3,(H,16,17). The van der Waals surface area contributed by atoms with Gasteiger partial charge in [-0.25, -0.2) is 4.79 Å². The monoisotopic (exact) mass is 281 g/mol. The van der Waals surface area contributed by atoms with Crippen LogP contribution in [0.1, 0.15) is 0 Å². The van der Waals surface area contributed by atoms with Gasteiger partial charge in [-0.1, -0.05) is 11.6 Å². The average molecular weight is 282 g/mol. The largest absolute Gasteiger partial charge is 0.478 e. The Labute approximate surface area is 114 Å². The summed E-state index contributed by atoms with van der Waals surface area (Å²) in [5.74, 6) is -0.731. The van der Waals surface area contributed by atoms with Gasteiger partial charge in [0, 0.05) is 18.7 Å². The SMILES string of the molecule is COCC(Oc1ccc(Cl)c2cccnc12)C(=O)O. The molecule has 19 heavy (non-hydrogen) atoms. The van der Waals surface area contributed by atoms with Gasteiger partial charge in [0.1, 0.15) is 11.3 Å². The summed E-state index contributed by atoms with van der Waals surface area (Å²) in [4.78, 5) is 15.2. The Bertz CT molecular complexity index is 602. The quantitative estimate of drug-likeness (QED) is 0.911. The molecule has 1 atom stereocenters. The van der Waals surface area contributed by atoms with Gasteiger partial charge < -0.3 is 14.6 Å². The van der Waals surface area contributed by atoms with E-state index in [0.29, 0.717) is 21.7 Å². The van der Waals surface area contributed by atoms with Gasteiger partial charge in [0.2, 0.25) is 6.10 Å². The number of benzene rings is 1. The molecule has 1 aromatic heterocycles. The van der Waals surface area contributed by atoms with Crippen LogP contribution in [0.15, 0.2) is 30.5 Å². The fraction of sp³-hybridized carbons (Fsp3) is 0.231. The van der Waals surface area contributed by atoms with Crippen molar-refractivity contribution in [1.29, 1.82) is 0 Å². The summed E-state index contributed by atoms with van der Waals surface area (Å²) in [5.41, 5.74) is 0.525. The second-order valence-corrected chi connectivity index (χ2v) is 4.25. The molecule has 0 fully saturated rings. The highest BCUT2D eigenvalue weighted by atomic mass is 35.5. The van der Waals surface area contributed by atoms with E-state index in [9.17, 15) is 4.79 Å². The highest BCUT2D eigenvalue weighted by molar-refractivity contribution is 6.35. The van der Waals surface area contributed by atoms with Crippen LogP contribution in [-0.2, 0) is 9.53 Å². The van der Waals surface area contributed by atoms with Crippen LogP contribution in [-0.4, -0.2) is 35.9 Å². The lowest BCUT2D eigenvalue weighted by atomic mass is 10.2. The number of rotatable bonds is 5. The second kappa shape index (κ2) is 5.86. The number of hydrogen-bond donors (Lipinski definition) is 1. The first-order valence-electron chi connectivity index (χ1n) is 5.55. The van der Waals surface area contributed by atoms with E-state index < -0.39 is 12.1 Å². The summed E-state index contributed by atoms with van der Waals surface area (Å²) < 4.78 is 10.3. The van der Waals surface area contributed by atoms with Gasteiger partial charge in [-0.3, -0.25) is 4.98 Å². The molecule has 0 saturated heterocycles. The number of nitrogens with zero attached hydrogens (tertiary/aromatic N) is 1. The van der Waals surface area contributed by atoms with Crippen molar-refractivity contribution >= 4 is 28.5 Å². The lowest BCUT2D eigenvalue weighted by Crippen LogP contribution is -2.31. The van der Waals surface area contributed by atoms with Crippen LogP contribution < -0.4 is 4.74 Å². The Morgan fingerprint density at radius 2 is 2.26 bits per heavy atom. The normalized spacial score (nSPS) is 12.3. The summed E-state index contributed by atoms with van der Waals surface area (Å²) in [7, 11) is 1.41. The topological polar surface area (TPSA) is 68.7 Å². The third-order valence-corrected chi connectivity index (χ3v) is 2.87. The zero-order valence-corrected chi connectivity index (χ0v) is 10.9. The van der Waals surface area contributed by atoms with Crippen LogP contribution in [0.3, 0.4) is 0 Å². The van der Waals surface area contributed by atoms with Crippen molar-refractivity contribution in [2.45, 2.75) is 6.10 Å². The van der Waals surface area contributed by atoms with Crippen LogP contribution >= 0.6 is 11.6 Å². The lowest BCUT2D eigenvalue weighted by Gasteiger charge is -2.15. The molecule has 100 valence electrons. The van der Waals surface area contributed by atoms with Crippen molar-refractivity contribution in [3.8, 4) is 5.75 Å². The van der Waals surface area contributed by atoms with E-state index in [1.807, 2.05) is 0 Å². The lowest BCUT2D eigenvalue weighted by molar-refractivity contribution is -0.147. The molecular formula is C13H12ClNO4. The number of fused-ring (bicyclic) bond motifs is 1. The van der Waals surface area contributed by atoms with Crippen molar-refractivity contribution < 1.29 is 19.4 Å². The third kappa shape index (κ3) is 2.94. The number of aromatic nitrogens is 1. The molecule has 0 aliphatic heterocycles. The summed E-state index contributed by atoms with van der Waals surface area (Å²) in [5, 5.41) is 10.3. The van der Waals surface area contributed by atoms with E-state index in [4.69, 9.17) is 26.2 Å². The van der Waals surface area contributed by atoms with Crippen molar-refractivity contribution in [2.24, 2.45) is 0 Å². The maximum atomic E-state index is 11.0. The van der Waals surface area contributed by atoms with Crippen molar-refractivity contribution in [2.75, 3.05) is 13.7 Å². The fourth-order valence-corrected chi connectivity index (χ4v) is 1.88. The Morgan fingerprint density at radius 3 is 2.95 bits per heavy atom. The van der Waals surface area contributed by atoms with E-state index in [1.54, 1.807) is 30.5 Å². The molecule has 1 unspecified atom stereocenters. The summed E-state index contributed by atoms with van der Waals surface area (Å²) in [6, 6.07) is 6.79. The molecule has 0 amide bonds. The van der Waals surface area contributed by atoms with Gasteiger partial charge in [-0.15, -0.1) is 0 Å². The van der Waals surface area contributed by atoms with Crippen molar-refractivity contribution in [3.63, 3.8) is 0 Å². The first kappa shape index (κ1) is 13.6. The number of hydrogen-bond acceptors (Lipinski definition) is 4. The zero-order chi connectivity index (χ0) is 13.8. The average Bonchev–Trinajstić information content (AvgIpc) is 2.41. The predicted molar refractivity (Wildman–Crippen MR) is 70.7 cm³/mol. The first-order valence-corrected chi connectivity index (χ1v) is 5.93. The van der Waals surface area contributed by atoms with Gasteiger partial charge >= 0.3 is 5.97 Å². The van der Waals surface area contributed by atoms with Crippen molar-refractivity contribution in [1.82, 2.24) is 4.98 Å². The molecule has 0 radical (unpaired) electrons. The molecule has 2 rings (SSSR count). The minimum Gasteiger partial charge on any atom is -0.478 e. The smallest absolute Gasteiger partial charge is 0.347 e. The Hall–Kier alpha value is -1.85. The number of carboxylic acids is 1. The van der Waals surface area contributed by atoms with Gasteiger partial charge in [-0.2, -0.15) is 0 Å². The molecule has 0 spiro atoms. The molecule has 0 aliphatic carbocycles. The number of pyridine rings is 1. The molecule has 0 saturated carbocycles. The van der Waals surface area contributed by atoms with Crippen LogP contribution in [0, 0.1) is 0 Å². The van der Waals surface area contributed by atoms with Crippen molar-refractivity contribution in [3.05, 3.63) is 35.5 Å². The molecule has 0 aliphatic rings. The van der Waals surface area contributed by atoms with Gasteiger partial charge in [0.15, 0.2) is 0 Å².